The van der Waals surface area contributed by atoms with Crippen molar-refractivity contribution in [2.24, 2.45) is 0 Å². The molecule has 0 spiro atoms. The SMILES string of the molecule is Cc1nccc(-c2ccc(NC(=O)COCC(=O)Nc3ccc(-c4ccnc(C)n4)cc3)cc2)n1. The first kappa shape index (κ1) is 23.7. The molecule has 0 fully saturated rings. The van der Waals surface area contributed by atoms with Crippen LogP contribution in [0.2, 0.25) is 0 Å². The van der Waals surface area contributed by atoms with Crippen molar-refractivity contribution in [3.63, 3.8) is 0 Å². The summed E-state index contributed by atoms with van der Waals surface area (Å²) in [6.07, 6.45) is 3.41. The topological polar surface area (TPSA) is 119 Å². The summed E-state index contributed by atoms with van der Waals surface area (Å²) in [5, 5.41) is 5.48. The molecule has 2 heterocycles. The Kier molecular flexibility index (Phi) is 7.49. The zero-order valence-electron chi connectivity index (χ0n) is 19.4. The van der Waals surface area contributed by atoms with Gasteiger partial charge in [-0.3, -0.25) is 9.59 Å². The minimum Gasteiger partial charge on any atom is -0.362 e. The number of nitrogens with one attached hydrogen (secondary N) is 2. The summed E-state index contributed by atoms with van der Waals surface area (Å²) >= 11 is 0. The van der Waals surface area contributed by atoms with Crippen molar-refractivity contribution in [2.45, 2.75) is 13.8 Å². The van der Waals surface area contributed by atoms with E-state index in [0.717, 1.165) is 22.5 Å². The van der Waals surface area contributed by atoms with Gasteiger partial charge in [0, 0.05) is 34.9 Å². The molecular weight excluding hydrogens is 444 g/mol. The van der Waals surface area contributed by atoms with Gasteiger partial charge in [0.2, 0.25) is 11.8 Å². The number of carbonyl (C=O) groups excluding carboxylic acids is 2. The van der Waals surface area contributed by atoms with E-state index in [-0.39, 0.29) is 25.0 Å². The van der Waals surface area contributed by atoms with Crippen LogP contribution in [0.1, 0.15) is 11.6 Å². The lowest BCUT2D eigenvalue weighted by atomic mass is 10.1. The van der Waals surface area contributed by atoms with E-state index in [9.17, 15) is 9.59 Å². The van der Waals surface area contributed by atoms with E-state index in [1.165, 1.54) is 0 Å². The first-order valence-corrected chi connectivity index (χ1v) is 10.9. The number of ether oxygens (including phenoxy) is 1. The second-order valence-electron chi connectivity index (χ2n) is 7.72. The summed E-state index contributed by atoms with van der Waals surface area (Å²) in [5.41, 5.74) is 4.70. The monoisotopic (exact) mass is 468 g/mol. The third kappa shape index (κ3) is 6.75. The predicted molar refractivity (Wildman–Crippen MR) is 132 cm³/mol. The lowest BCUT2D eigenvalue weighted by Gasteiger charge is -2.09. The molecule has 0 radical (unpaired) electrons. The number of nitrogens with zero attached hydrogens (tertiary/aromatic N) is 4. The lowest BCUT2D eigenvalue weighted by molar-refractivity contribution is -0.125. The van der Waals surface area contributed by atoms with E-state index < -0.39 is 0 Å². The van der Waals surface area contributed by atoms with Crippen LogP contribution in [-0.4, -0.2) is 45.0 Å². The minimum absolute atomic E-state index is 0.244. The number of aromatic nitrogens is 4. The highest BCUT2D eigenvalue weighted by atomic mass is 16.5. The zero-order chi connectivity index (χ0) is 24.6. The number of carbonyl (C=O) groups is 2. The van der Waals surface area contributed by atoms with Gasteiger partial charge in [-0.1, -0.05) is 24.3 Å². The van der Waals surface area contributed by atoms with Gasteiger partial charge in [0.15, 0.2) is 0 Å². The molecule has 35 heavy (non-hydrogen) atoms. The van der Waals surface area contributed by atoms with Crippen LogP contribution in [0.25, 0.3) is 22.5 Å². The molecule has 2 N–H and O–H groups in total. The molecule has 0 aliphatic rings. The maximum atomic E-state index is 12.1. The summed E-state index contributed by atoms with van der Waals surface area (Å²) in [4.78, 5) is 41.2. The predicted octanol–water partition coefficient (Wildman–Crippen LogP) is 3.81. The maximum absolute atomic E-state index is 12.1. The first-order valence-electron chi connectivity index (χ1n) is 10.9. The fraction of sp³-hybridized carbons (Fsp3) is 0.154. The fourth-order valence-electron chi connectivity index (χ4n) is 3.31. The van der Waals surface area contributed by atoms with Crippen molar-refractivity contribution in [2.75, 3.05) is 23.8 Å². The normalized spacial score (nSPS) is 10.6. The minimum atomic E-state index is -0.354. The van der Waals surface area contributed by atoms with Crippen molar-refractivity contribution >= 4 is 23.2 Å². The molecule has 0 bridgehead atoms. The van der Waals surface area contributed by atoms with E-state index in [1.54, 1.807) is 36.7 Å². The Labute approximate surface area is 202 Å². The number of anilines is 2. The van der Waals surface area contributed by atoms with Gasteiger partial charge < -0.3 is 15.4 Å². The van der Waals surface area contributed by atoms with Crippen LogP contribution in [0.5, 0.6) is 0 Å². The van der Waals surface area contributed by atoms with Gasteiger partial charge >= 0.3 is 0 Å². The molecule has 4 aromatic rings. The third-order valence-electron chi connectivity index (χ3n) is 4.95. The van der Waals surface area contributed by atoms with E-state index in [0.29, 0.717) is 23.0 Å². The Bertz CT molecular complexity index is 1220. The molecule has 9 heteroatoms. The number of hydrogen-bond acceptors (Lipinski definition) is 7. The Morgan fingerprint density at radius 2 is 1.06 bits per heavy atom. The summed E-state index contributed by atoms with van der Waals surface area (Å²) in [5.74, 6) is 0.673. The molecule has 0 saturated carbocycles. The Morgan fingerprint density at radius 1 is 0.657 bits per heavy atom. The van der Waals surface area contributed by atoms with E-state index >= 15 is 0 Å². The Hall–Kier alpha value is -4.50. The molecule has 9 nitrogen and oxygen atoms in total. The van der Waals surface area contributed by atoms with Gasteiger partial charge in [-0.2, -0.15) is 0 Å². The van der Waals surface area contributed by atoms with Crippen LogP contribution >= 0.6 is 0 Å². The van der Waals surface area contributed by atoms with Gasteiger partial charge in [-0.05, 0) is 50.2 Å². The highest BCUT2D eigenvalue weighted by Gasteiger charge is 2.08. The molecule has 2 amide bonds. The average Bonchev–Trinajstić information content (AvgIpc) is 2.85. The van der Waals surface area contributed by atoms with Crippen LogP contribution in [0.15, 0.2) is 73.1 Å². The number of benzene rings is 2. The molecule has 2 aromatic heterocycles. The van der Waals surface area contributed by atoms with Gasteiger partial charge in [0.05, 0.1) is 11.4 Å². The molecule has 0 saturated heterocycles. The summed E-state index contributed by atoms with van der Waals surface area (Å²) < 4.78 is 5.26. The Morgan fingerprint density at radius 3 is 1.43 bits per heavy atom. The smallest absolute Gasteiger partial charge is 0.250 e. The molecule has 0 aliphatic carbocycles. The van der Waals surface area contributed by atoms with Crippen LogP contribution in [0.4, 0.5) is 11.4 Å². The van der Waals surface area contributed by atoms with Gasteiger partial charge in [0.25, 0.3) is 0 Å². The standard InChI is InChI=1S/C26H24N6O3/c1-17-27-13-11-23(29-17)19-3-7-21(8-4-19)31-25(33)15-35-16-26(34)32-22-9-5-20(6-10-22)24-12-14-28-18(2)30-24/h3-14H,15-16H2,1-2H3,(H,31,33)(H,32,34). The van der Waals surface area contributed by atoms with Gasteiger partial charge in [-0.25, -0.2) is 19.9 Å². The lowest BCUT2D eigenvalue weighted by Crippen LogP contribution is -2.23. The van der Waals surface area contributed by atoms with Crippen molar-refractivity contribution < 1.29 is 14.3 Å². The third-order valence-corrected chi connectivity index (χ3v) is 4.95. The maximum Gasteiger partial charge on any atom is 0.250 e. The number of amides is 2. The van der Waals surface area contributed by atoms with Crippen molar-refractivity contribution in [1.29, 1.82) is 0 Å². The average molecular weight is 469 g/mol. The number of hydrogen-bond donors (Lipinski definition) is 2. The van der Waals surface area contributed by atoms with Crippen LogP contribution in [-0.2, 0) is 14.3 Å². The largest absolute Gasteiger partial charge is 0.362 e. The van der Waals surface area contributed by atoms with Crippen molar-refractivity contribution in [3.05, 3.63) is 84.7 Å². The van der Waals surface area contributed by atoms with E-state index in [2.05, 4.69) is 30.6 Å². The molecule has 4 rings (SSSR count). The van der Waals surface area contributed by atoms with E-state index in [4.69, 9.17) is 4.74 Å². The van der Waals surface area contributed by atoms with Crippen LogP contribution in [0, 0.1) is 13.8 Å². The Balaban J connectivity index is 1.21. The van der Waals surface area contributed by atoms with Gasteiger partial charge in [-0.15, -0.1) is 0 Å². The van der Waals surface area contributed by atoms with Crippen LogP contribution in [0.3, 0.4) is 0 Å². The second kappa shape index (κ2) is 11.1. The number of aryl methyl sites for hydroxylation is 2. The molecule has 176 valence electrons. The fourth-order valence-corrected chi connectivity index (χ4v) is 3.31. The van der Waals surface area contributed by atoms with Crippen LogP contribution < -0.4 is 10.6 Å². The van der Waals surface area contributed by atoms with Gasteiger partial charge in [0.1, 0.15) is 24.9 Å². The number of rotatable bonds is 8. The highest BCUT2D eigenvalue weighted by Crippen LogP contribution is 2.20. The molecule has 0 aliphatic heterocycles. The molecule has 0 unspecified atom stereocenters. The first-order chi connectivity index (χ1) is 17.0. The summed E-state index contributed by atoms with van der Waals surface area (Å²) in [7, 11) is 0. The summed E-state index contributed by atoms with van der Waals surface area (Å²) in [6.45, 7) is 3.17. The highest BCUT2D eigenvalue weighted by molar-refractivity contribution is 5.93. The summed E-state index contributed by atoms with van der Waals surface area (Å²) in [6, 6.07) is 18.2. The molecule has 2 aromatic carbocycles. The van der Waals surface area contributed by atoms with Crippen molar-refractivity contribution in [3.8, 4) is 22.5 Å². The van der Waals surface area contributed by atoms with E-state index in [1.807, 2.05) is 50.2 Å². The zero-order valence-corrected chi connectivity index (χ0v) is 19.4. The molecule has 0 atom stereocenters. The quantitative estimate of drug-likeness (QED) is 0.404. The second-order valence-corrected chi connectivity index (χ2v) is 7.72. The molecular formula is C26H24N6O3. The van der Waals surface area contributed by atoms with Crippen molar-refractivity contribution in [1.82, 2.24) is 19.9 Å².